The first-order valence-corrected chi connectivity index (χ1v) is 7.45. The van der Waals surface area contributed by atoms with E-state index in [1.165, 1.54) is 5.69 Å². The van der Waals surface area contributed by atoms with Crippen LogP contribution in [0.2, 0.25) is 0 Å². The molecule has 0 aliphatic heterocycles. The largest absolute Gasteiger partial charge is 0.489 e. The maximum absolute atomic E-state index is 5.88. The molecule has 0 N–H and O–H groups in total. The number of hydrogen-bond acceptors (Lipinski definition) is 2. The maximum atomic E-state index is 5.88. The number of anilines is 1. The summed E-state index contributed by atoms with van der Waals surface area (Å²) < 4.78 is 5.88. The van der Waals surface area contributed by atoms with Gasteiger partial charge in [-0.15, -0.1) is 0 Å². The van der Waals surface area contributed by atoms with Crippen LogP contribution in [0.1, 0.15) is 19.4 Å². The molecule has 0 unspecified atom stereocenters. The van der Waals surface area contributed by atoms with Crippen molar-refractivity contribution in [3.63, 3.8) is 0 Å². The highest BCUT2D eigenvalue weighted by Gasteiger charge is 2.04. The molecule has 0 saturated carbocycles. The number of hydrogen-bond donors (Lipinski definition) is 0. The molecule has 0 atom stereocenters. The zero-order valence-electron chi connectivity index (χ0n) is 12.9. The Morgan fingerprint density at radius 1 is 1.00 bits per heavy atom. The standard InChI is InChI=1S/C19H23NO/c1-4-20(5-2)18-12-9-13-19(14-18)21-15-16(3)17-10-7-6-8-11-17/h6-14H,3-5,15H2,1-2H3. The Hall–Kier alpha value is -2.22. The van der Waals surface area contributed by atoms with E-state index in [0.29, 0.717) is 6.61 Å². The molecule has 0 aliphatic rings. The first-order chi connectivity index (χ1) is 10.2. The van der Waals surface area contributed by atoms with Gasteiger partial charge in [0, 0.05) is 24.8 Å². The molecule has 0 bridgehead atoms. The number of nitrogens with zero attached hydrogens (tertiary/aromatic N) is 1. The van der Waals surface area contributed by atoms with Gasteiger partial charge in [-0.05, 0) is 37.1 Å². The predicted octanol–water partition coefficient (Wildman–Crippen LogP) is 4.63. The summed E-state index contributed by atoms with van der Waals surface area (Å²) in [6.45, 7) is 10.9. The van der Waals surface area contributed by atoms with Crippen LogP contribution in [0.4, 0.5) is 5.69 Å². The summed E-state index contributed by atoms with van der Waals surface area (Å²) in [4.78, 5) is 2.30. The van der Waals surface area contributed by atoms with E-state index in [1.54, 1.807) is 0 Å². The molecule has 0 aromatic heterocycles. The van der Waals surface area contributed by atoms with E-state index in [4.69, 9.17) is 4.74 Å². The molecule has 2 rings (SSSR count). The quantitative estimate of drug-likeness (QED) is 0.734. The van der Waals surface area contributed by atoms with Crippen LogP contribution in [0, 0.1) is 0 Å². The molecule has 2 heteroatoms. The van der Waals surface area contributed by atoms with Gasteiger partial charge in [0.15, 0.2) is 0 Å². The lowest BCUT2D eigenvalue weighted by molar-refractivity contribution is 0.370. The van der Waals surface area contributed by atoms with Gasteiger partial charge in [0.2, 0.25) is 0 Å². The average Bonchev–Trinajstić information content (AvgIpc) is 2.55. The fourth-order valence-electron chi connectivity index (χ4n) is 2.29. The van der Waals surface area contributed by atoms with Crippen molar-refractivity contribution in [2.45, 2.75) is 13.8 Å². The van der Waals surface area contributed by atoms with Gasteiger partial charge in [0.25, 0.3) is 0 Å². The van der Waals surface area contributed by atoms with Gasteiger partial charge in [-0.25, -0.2) is 0 Å². The highest BCUT2D eigenvalue weighted by Crippen LogP contribution is 2.22. The highest BCUT2D eigenvalue weighted by molar-refractivity contribution is 5.64. The first-order valence-electron chi connectivity index (χ1n) is 7.45. The lowest BCUT2D eigenvalue weighted by Crippen LogP contribution is -2.21. The fraction of sp³-hybridized carbons (Fsp3) is 0.263. The van der Waals surface area contributed by atoms with Crippen molar-refractivity contribution in [1.29, 1.82) is 0 Å². The predicted molar refractivity (Wildman–Crippen MR) is 91.0 cm³/mol. The molecule has 0 amide bonds. The lowest BCUT2D eigenvalue weighted by atomic mass is 10.1. The second-order valence-electron chi connectivity index (χ2n) is 4.93. The van der Waals surface area contributed by atoms with E-state index in [0.717, 1.165) is 30.0 Å². The summed E-state index contributed by atoms with van der Waals surface area (Å²) in [5, 5.41) is 0. The van der Waals surface area contributed by atoms with Gasteiger partial charge < -0.3 is 9.64 Å². The van der Waals surface area contributed by atoms with E-state index in [9.17, 15) is 0 Å². The summed E-state index contributed by atoms with van der Waals surface area (Å²) in [5.41, 5.74) is 3.31. The minimum Gasteiger partial charge on any atom is -0.489 e. The Morgan fingerprint density at radius 2 is 1.71 bits per heavy atom. The van der Waals surface area contributed by atoms with Gasteiger partial charge in [0.1, 0.15) is 12.4 Å². The van der Waals surface area contributed by atoms with Gasteiger partial charge >= 0.3 is 0 Å². The van der Waals surface area contributed by atoms with Crippen molar-refractivity contribution in [1.82, 2.24) is 0 Å². The second-order valence-corrected chi connectivity index (χ2v) is 4.93. The van der Waals surface area contributed by atoms with E-state index in [2.05, 4.69) is 49.6 Å². The van der Waals surface area contributed by atoms with E-state index in [-0.39, 0.29) is 0 Å². The second kappa shape index (κ2) is 7.53. The topological polar surface area (TPSA) is 12.5 Å². The molecule has 2 aromatic carbocycles. The lowest BCUT2D eigenvalue weighted by Gasteiger charge is -2.21. The van der Waals surface area contributed by atoms with Crippen molar-refractivity contribution in [3.05, 3.63) is 66.7 Å². The summed E-state index contributed by atoms with van der Waals surface area (Å²) in [7, 11) is 0. The Kier molecular flexibility index (Phi) is 5.44. The molecule has 0 aliphatic carbocycles. The van der Waals surface area contributed by atoms with E-state index in [1.807, 2.05) is 30.3 Å². The van der Waals surface area contributed by atoms with Gasteiger partial charge in [0.05, 0.1) is 0 Å². The van der Waals surface area contributed by atoms with Crippen LogP contribution in [0.5, 0.6) is 5.75 Å². The highest BCUT2D eigenvalue weighted by atomic mass is 16.5. The van der Waals surface area contributed by atoms with E-state index >= 15 is 0 Å². The summed E-state index contributed by atoms with van der Waals surface area (Å²) in [5.74, 6) is 0.886. The molecular formula is C19H23NO. The van der Waals surface area contributed by atoms with Crippen LogP contribution in [-0.4, -0.2) is 19.7 Å². The zero-order chi connectivity index (χ0) is 15.1. The van der Waals surface area contributed by atoms with Gasteiger partial charge in [-0.2, -0.15) is 0 Å². The van der Waals surface area contributed by atoms with Crippen LogP contribution in [0.15, 0.2) is 61.2 Å². The summed E-state index contributed by atoms with van der Waals surface area (Å²) >= 11 is 0. The van der Waals surface area contributed by atoms with Crippen molar-refractivity contribution < 1.29 is 4.74 Å². The Labute approximate surface area is 127 Å². The molecule has 21 heavy (non-hydrogen) atoms. The van der Waals surface area contributed by atoms with Gasteiger partial charge in [-0.1, -0.05) is 43.0 Å². The Balaban J connectivity index is 2.00. The molecular weight excluding hydrogens is 258 g/mol. The first kappa shape index (κ1) is 15.2. The number of benzene rings is 2. The summed E-state index contributed by atoms with van der Waals surface area (Å²) in [6, 6.07) is 18.4. The smallest absolute Gasteiger partial charge is 0.121 e. The Morgan fingerprint density at radius 3 is 2.38 bits per heavy atom. The monoisotopic (exact) mass is 281 g/mol. The molecule has 0 spiro atoms. The van der Waals surface area contributed by atoms with Crippen molar-refractivity contribution >= 4 is 11.3 Å². The van der Waals surface area contributed by atoms with Crippen molar-refractivity contribution in [3.8, 4) is 5.75 Å². The van der Waals surface area contributed by atoms with Crippen LogP contribution < -0.4 is 9.64 Å². The van der Waals surface area contributed by atoms with Crippen LogP contribution in [0.25, 0.3) is 5.57 Å². The van der Waals surface area contributed by atoms with Crippen LogP contribution in [-0.2, 0) is 0 Å². The molecule has 2 aromatic rings. The van der Waals surface area contributed by atoms with Crippen molar-refractivity contribution in [2.24, 2.45) is 0 Å². The zero-order valence-corrected chi connectivity index (χ0v) is 12.9. The van der Waals surface area contributed by atoms with Crippen LogP contribution >= 0.6 is 0 Å². The third-order valence-corrected chi connectivity index (χ3v) is 3.54. The molecule has 110 valence electrons. The number of ether oxygens (including phenoxy) is 1. The SMILES string of the molecule is C=C(COc1cccc(N(CC)CC)c1)c1ccccc1. The molecule has 0 radical (unpaired) electrons. The van der Waals surface area contributed by atoms with Crippen LogP contribution in [0.3, 0.4) is 0 Å². The minimum atomic E-state index is 0.506. The maximum Gasteiger partial charge on any atom is 0.121 e. The average molecular weight is 281 g/mol. The van der Waals surface area contributed by atoms with Gasteiger partial charge in [-0.3, -0.25) is 0 Å². The molecule has 2 nitrogen and oxygen atoms in total. The third-order valence-electron chi connectivity index (χ3n) is 3.54. The fourth-order valence-corrected chi connectivity index (χ4v) is 2.29. The van der Waals surface area contributed by atoms with E-state index < -0.39 is 0 Å². The minimum absolute atomic E-state index is 0.506. The molecule has 0 saturated heterocycles. The third kappa shape index (κ3) is 4.12. The van der Waals surface area contributed by atoms with Crippen molar-refractivity contribution in [2.75, 3.05) is 24.6 Å². The number of rotatable bonds is 7. The molecule has 0 fully saturated rings. The molecule has 0 heterocycles. The normalized spacial score (nSPS) is 10.2. The Bertz CT molecular complexity index is 573. The summed E-state index contributed by atoms with van der Waals surface area (Å²) in [6.07, 6.45) is 0.